The van der Waals surface area contributed by atoms with E-state index >= 15 is 0 Å². The number of aliphatic hydroxyl groups is 4. The lowest BCUT2D eigenvalue weighted by Gasteiger charge is -2.21. The van der Waals surface area contributed by atoms with Crippen molar-refractivity contribution in [2.24, 2.45) is 0 Å². The maximum absolute atomic E-state index is 9.36. The van der Waals surface area contributed by atoms with E-state index in [-0.39, 0.29) is 26.4 Å². The molecule has 0 spiro atoms. The molecule has 0 aromatic rings. The van der Waals surface area contributed by atoms with Crippen molar-refractivity contribution < 1.29 is 34.6 Å². The molecule has 3 atom stereocenters. The van der Waals surface area contributed by atoms with Crippen LogP contribution < -0.4 is 0 Å². The maximum atomic E-state index is 9.36. The van der Waals surface area contributed by atoms with Gasteiger partial charge in [-0.1, -0.05) is 64.7 Å². The molecule has 0 fully saturated rings. The van der Waals surface area contributed by atoms with Crippen LogP contribution in [0.15, 0.2) is 0 Å². The summed E-state index contributed by atoms with van der Waals surface area (Å²) in [5.74, 6) is 0. The van der Waals surface area contributed by atoms with E-state index in [1.165, 1.54) is 51.4 Å². The third-order valence-electron chi connectivity index (χ3n) is 4.61. The SMILES string of the molecule is CCCCCCCCCCCCOCC(CO)OCC(CO)OCC(O)CO. The summed E-state index contributed by atoms with van der Waals surface area (Å²) in [6.45, 7) is 2.36. The molecule has 7 nitrogen and oxygen atoms in total. The Kier molecular flexibility index (Phi) is 21.2. The van der Waals surface area contributed by atoms with Gasteiger partial charge in [0.2, 0.25) is 0 Å². The number of hydrogen-bond acceptors (Lipinski definition) is 7. The largest absolute Gasteiger partial charge is 0.394 e. The molecule has 0 saturated carbocycles. The molecule has 170 valence electrons. The van der Waals surface area contributed by atoms with Gasteiger partial charge in [0.05, 0.1) is 39.6 Å². The quantitative estimate of drug-likeness (QED) is 0.203. The zero-order valence-electron chi connectivity index (χ0n) is 17.8. The molecule has 0 bridgehead atoms. The van der Waals surface area contributed by atoms with Crippen molar-refractivity contribution in [1.29, 1.82) is 0 Å². The van der Waals surface area contributed by atoms with Crippen LogP contribution >= 0.6 is 0 Å². The molecule has 0 aromatic heterocycles. The highest BCUT2D eigenvalue weighted by atomic mass is 16.6. The molecule has 3 unspecified atom stereocenters. The van der Waals surface area contributed by atoms with Gasteiger partial charge >= 0.3 is 0 Å². The molecule has 7 heteroatoms. The number of hydrogen-bond donors (Lipinski definition) is 4. The standard InChI is InChI=1S/C21H44O7/c1-2-3-4-5-6-7-8-9-10-11-12-26-17-20(14-23)28-18-21(15-24)27-16-19(25)13-22/h19-25H,2-18H2,1H3. The number of ether oxygens (including phenoxy) is 3. The Balaban J connectivity index is 3.56. The van der Waals surface area contributed by atoms with Gasteiger partial charge in [-0.15, -0.1) is 0 Å². The minimum absolute atomic E-state index is 0.0792. The third kappa shape index (κ3) is 17.8. The van der Waals surface area contributed by atoms with E-state index < -0.39 is 24.9 Å². The van der Waals surface area contributed by atoms with E-state index in [4.69, 9.17) is 19.3 Å². The van der Waals surface area contributed by atoms with Crippen molar-refractivity contribution in [1.82, 2.24) is 0 Å². The van der Waals surface area contributed by atoms with E-state index in [2.05, 4.69) is 6.92 Å². The molecule has 0 amide bonds. The molecule has 0 rings (SSSR count). The van der Waals surface area contributed by atoms with Gasteiger partial charge in [0.25, 0.3) is 0 Å². The van der Waals surface area contributed by atoms with Crippen LogP contribution in [-0.2, 0) is 14.2 Å². The van der Waals surface area contributed by atoms with Gasteiger partial charge in [0, 0.05) is 6.61 Å². The number of aliphatic hydroxyl groups excluding tert-OH is 4. The van der Waals surface area contributed by atoms with Gasteiger partial charge in [-0.05, 0) is 6.42 Å². The lowest BCUT2D eigenvalue weighted by Crippen LogP contribution is -2.33. The number of unbranched alkanes of at least 4 members (excludes halogenated alkanes) is 9. The Morgan fingerprint density at radius 3 is 1.64 bits per heavy atom. The highest BCUT2D eigenvalue weighted by molar-refractivity contribution is 4.61. The number of rotatable bonds is 22. The fraction of sp³-hybridized carbons (Fsp3) is 1.00. The first-order valence-corrected chi connectivity index (χ1v) is 11.0. The Hall–Kier alpha value is -0.280. The first-order valence-electron chi connectivity index (χ1n) is 11.0. The summed E-state index contributed by atoms with van der Waals surface area (Å²) in [5.41, 5.74) is 0. The average Bonchev–Trinajstić information content (AvgIpc) is 2.72. The fourth-order valence-corrected chi connectivity index (χ4v) is 2.76. The molecule has 0 heterocycles. The van der Waals surface area contributed by atoms with Gasteiger partial charge in [-0.2, -0.15) is 0 Å². The predicted molar refractivity (Wildman–Crippen MR) is 109 cm³/mol. The summed E-state index contributed by atoms with van der Waals surface area (Å²) < 4.78 is 16.3. The summed E-state index contributed by atoms with van der Waals surface area (Å²) in [4.78, 5) is 0. The lowest BCUT2D eigenvalue weighted by atomic mass is 10.1. The minimum Gasteiger partial charge on any atom is -0.394 e. The topological polar surface area (TPSA) is 109 Å². The van der Waals surface area contributed by atoms with Gasteiger partial charge in [-0.25, -0.2) is 0 Å². The second-order valence-corrected chi connectivity index (χ2v) is 7.37. The zero-order valence-corrected chi connectivity index (χ0v) is 17.8. The maximum Gasteiger partial charge on any atom is 0.104 e. The Bertz CT molecular complexity index is 304. The van der Waals surface area contributed by atoms with Gasteiger partial charge in [-0.3, -0.25) is 0 Å². The monoisotopic (exact) mass is 408 g/mol. The Morgan fingerprint density at radius 2 is 1.11 bits per heavy atom. The van der Waals surface area contributed by atoms with Crippen LogP contribution in [0.4, 0.5) is 0 Å². The summed E-state index contributed by atoms with van der Waals surface area (Å²) in [6, 6.07) is 0. The van der Waals surface area contributed by atoms with E-state index in [0.717, 1.165) is 12.8 Å². The molecule has 0 radical (unpaired) electrons. The normalized spacial score (nSPS) is 14.9. The van der Waals surface area contributed by atoms with Crippen LogP contribution in [0.25, 0.3) is 0 Å². The Morgan fingerprint density at radius 1 is 0.607 bits per heavy atom. The van der Waals surface area contributed by atoms with Gasteiger partial charge in [0.15, 0.2) is 0 Å². The average molecular weight is 409 g/mol. The van der Waals surface area contributed by atoms with Crippen molar-refractivity contribution in [2.45, 2.75) is 89.4 Å². The molecule has 0 aliphatic rings. The summed E-state index contributed by atoms with van der Waals surface area (Å²) >= 11 is 0. The zero-order chi connectivity index (χ0) is 20.9. The molecule has 28 heavy (non-hydrogen) atoms. The summed E-state index contributed by atoms with van der Waals surface area (Å²) in [5, 5.41) is 36.6. The van der Waals surface area contributed by atoms with Crippen LogP contribution in [0.2, 0.25) is 0 Å². The lowest BCUT2D eigenvalue weighted by molar-refractivity contribution is -0.109. The molecular formula is C21H44O7. The molecule has 0 aromatic carbocycles. The third-order valence-corrected chi connectivity index (χ3v) is 4.61. The smallest absolute Gasteiger partial charge is 0.104 e. The van der Waals surface area contributed by atoms with Crippen molar-refractivity contribution in [3.63, 3.8) is 0 Å². The molecule has 0 saturated heterocycles. The molecule has 4 N–H and O–H groups in total. The van der Waals surface area contributed by atoms with Gasteiger partial charge < -0.3 is 34.6 Å². The minimum atomic E-state index is -0.980. The van der Waals surface area contributed by atoms with Crippen molar-refractivity contribution in [3.05, 3.63) is 0 Å². The second-order valence-electron chi connectivity index (χ2n) is 7.37. The molecule has 0 aliphatic heterocycles. The van der Waals surface area contributed by atoms with Crippen LogP contribution in [0.1, 0.15) is 71.1 Å². The summed E-state index contributed by atoms with van der Waals surface area (Å²) in [7, 11) is 0. The van der Waals surface area contributed by atoms with Gasteiger partial charge in [0.1, 0.15) is 18.3 Å². The van der Waals surface area contributed by atoms with Crippen LogP contribution in [0.3, 0.4) is 0 Å². The first kappa shape index (κ1) is 27.7. The van der Waals surface area contributed by atoms with Crippen molar-refractivity contribution in [2.75, 3.05) is 46.2 Å². The second kappa shape index (κ2) is 21.4. The molecule has 0 aliphatic carbocycles. The Labute approximate surface area is 171 Å². The van der Waals surface area contributed by atoms with E-state index in [9.17, 15) is 15.3 Å². The van der Waals surface area contributed by atoms with Crippen LogP contribution in [0.5, 0.6) is 0 Å². The first-order chi connectivity index (χ1) is 13.7. The van der Waals surface area contributed by atoms with Crippen molar-refractivity contribution in [3.8, 4) is 0 Å². The summed E-state index contributed by atoms with van der Waals surface area (Å²) in [6.07, 6.45) is 10.7. The highest BCUT2D eigenvalue weighted by Crippen LogP contribution is 2.10. The fourth-order valence-electron chi connectivity index (χ4n) is 2.76. The van der Waals surface area contributed by atoms with E-state index in [1.807, 2.05) is 0 Å². The van der Waals surface area contributed by atoms with Crippen LogP contribution in [-0.4, -0.2) is 85.0 Å². The molecular weight excluding hydrogens is 364 g/mol. The van der Waals surface area contributed by atoms with Crippen LogP contribution in [0, 0.1) is 0 Å². The predicted octanol–water partition coefficient (Wildman–Crippen LogP) is 2.03. The van der Waals surface area contributed by atoms with E-state index in [0.29, 0.717) is 13.2 Å². The highest BCUT2D eigenvalue weighted by Gasteiger charge is 2.15. The van der Waals surface area contributed by atoms with Crippen molar-refractivity contribution >= 4 is 0 Å². The van der Waals surface area contributed by atoms with E-state index in [1.54, 1.807) is 0 Å².